The van der Waals surface area contributed by atoms with Crippen molar-refractivity contribution in [1.82, 2.24) is 4.90 Å². The molecule has 0 unspecified atom stereocenters. The van der Waals surface area contributed by atoms with Crippen LogP contribution < -0.4 is 5.73 Å². The molecule has 2 atom stereocenters. The normalized spacial score (nSPS) is 27.2. The Morgan fingerprint density at radius 1 is 1.82 bits per heavy atom. The Morgan fingerprint density at radius 2 is 2.45 bits per heavy atom. The maximum absolute atomic E-state index is 11.2. The molecule has 1 fully saturated rings. The smallest absolute Gasteiger partial charge is 0.239 e. The van der Waals surface area contributed by atoms with Crippen molar-refractivity contribution in [3.8, 4) is 0 Å². The number of carbonyl (C=O) groups excluding carboxylic acids is 1. The number of rotatable bonds is 1. The average molecular weight is 158 g/mol. The molecule has 1 amide bonds. The summed E-state index contributed by atoms with van der Waals surface area (Å²) in [6.45, 7) is 2.74. The molecule has 1 aliphatic rings. The first-order valence-corrected chi connectivity index (χ1v) is 3.83. The minimum Gasteiger partial charge on any atom is -0.391 e. The van der Waals surface area contributed by atoms with Crippen molar-refractivity contribution in [1.29, 1.82) is 0 Å². The molecule has 0 aliphatic carbocycles. The monoisotopic (exact) mass is 158 g/mol. The third-order valence-electron chi connectivity index (χ3n) is 1.86. The van der Waals surface area contributed by atoms with Gasteiger partial charge in [0.05, 0.1) is 12.1 Å². The summed E-state index contributed by atoms with van der Waals surface area (Å²) in [4.78, 5) is 12.8. The number of carbonyl (C=O) groups is 1. The second kappa shape index (κ2) is 3.19. The van der Waals surface area contributed by atoms with Gasteiger partial charge in [0.1, 0.15) is 0 Å². The van der Waals surface area contributed by atoms with Crippen LogP contribution in [0.25, 0.3) is 0 Å². The van der Waals surface area contributed by atoms with Crippen molar-refractivity contribution < 1.29 is 9.90 Å². The summed E-state index contributed by atoms with van der Waals surface area (Å²) < 4.78 is 0. The zero-order chi connectivity index (χ0) is 8.43. The highest BCUT2D eigenvalue weighted by molar-refractivity contribution is 5.81. The van der Waals surface area contributed by atoms with Gasteiger partial charge in [-0.1, -0.05) is 0 Å². The molecule has 4 nitrogen and oxygen atoms in total. The van der Waals surface area contributed by atoms with Crippen LogP contribution in [0, 0.1) is 0 Å². The van der Waals surface area contributed by atoms with Gasteiger partial charge in [-0.25, -0.2) is 0 Å². The molecule has 1 aliphatic heterocycles. The van der Waals surface area contributed by atoms with E-state index in [0.717, 1.165) is 0 Å². The summed E-state index contributed by atoms with van der Waals surface area (Å²) in [7, 11) is 0. The van der Waals surface area contributed by atoms with Crippen LogP contribution in [-0.4, -0.2) is 41.1 Å². The summed E-state index contributed by atoms with van der Waals surface area (Å²) in [6.07, 6.45) is 0.330. The lowest BCUT2D eigenvalue weighted by Crippen LogP contribution is -2.41. The van der Waals surface area contributed by atoms with Crippen LogP contribution in [0.3, 0.4) is 0 Å². The maximum atomic E-state index is 11.2. The number of β-amino-alcohol motifs (C(OH)–C–C–N with tert-alkyl or cyclic N) is 1. The van der Waals surface area contributed by atoms with Gasteiger partial charge in [0.2, 0.25) is 5.91 Å². The molecule has 0 aromatic carbocycles. The Balaban J connectivity index is 2.43. The van der Waals surface area contributed by atoms with Crippen LogP contribution in [0.5, 0.6) is 0 Å². The number of aliphatic hydroxyl groups is 1. The molecule has 3 N–H and O–H groups in total. The Kier molecular flexibility index (Phi) is 2.46. The fourth-order valence-corrected chi connectivity index (χ4v) is 1.23. The fourth-order valence-electron chi connectivity index (χ4n) is 1.23. The lowest BCUT2D eigenvalue weighted by atomic mass is 10.3. The van der Waals surface area contributed by atoms with Crippen LogP contribution in [0.1, 0.15) is 13.3 Å². The number of hydrogen-bond acceptors (Lipinski definition) is 3. The van der Waals surface area contributed by atoms with Gasteiger partial charge in [-0.3, -0.25) is 4.79 Å². The van der Waals surface area contributed by atoms with Crippen molar-refractivity contribution in [3.05, 3.63) is 0 Å². The van der Waals surface area contributed by atoms with Gasteiger partial charge in [0.25, 0.3) is 0 Å². The summed E-state index contributed by atoms with van der Waals surface area (Å²) in [5.41, 5.74) is 5.39. The van der Waals surface area contributed by atoms with Crippen LogP contribution >= 0.6 is 0 Å². The molecule has 0 aromatic rings. The maximum Gasteiger partial charge on any atom is 0.239 e. The molecular formula is C7H14N2O2. The summed E-state index contributed by atoms with van der Waals surface area (Å²) in [6, 6.07) is -0.444. The summed E-state index contributed by atoms with van der Waals surface area (Å²) >= 11 is 0. The zero-order valence-corrected chi connectivity index (χ0v) is 6.66. The number of amides is 1. The largest absolute Gasteiger partial charge is 0.391 e. The van der Waals surface area contributed by atoms with Gasteiger partial charge in [-0.15, -0.1) is 0 Å². The van der Waals surface area contributed by atoms with Crippen LogP contribution in [0.15, 0.2) is 0 Å². The molecule has 1 heterocycles. The highest BCUT2D eigenvalue weighted by atomic mass is 16.3. The third kappa shape index (κ3) is 1.91. The topological polar surface area (TPSA) is 66.6 Å². The van der Waals surface area contributed by atoms with Gasteiger partial charge in [-0.2, -0.15) is 0 Å². The molecule has 0 bridgehead atoms. The van der Waals surface area contributed by atoms with Crippen molar-refractivity contribution in [3.63, 3.8) is 0 Å². The molecule has 1 rings (SSSR count). The molecule has 4 heteroatoms. The number of hydrogen-bond donors (Lipinski definition) is 2. The van der Waals surface area contributed by atoms with E-state index >= 15 is 0 Å². The average Bonchev–Trinajstić information content (AvgIpc) is 2.34. The van der Waals surface area contributed by atoms with Crippen molar-refractivity contribution in [2.24, 2.45) is 5.73 Å². The third-order valence-corrected chi connectivity index (χ3v) is 1.86. The van der Waals surface area contributed by atoms with Crippen molar-refractivity contribution >= 4 is 5.91 Å². The Morgan fingerprint density at radius 3 is 2.82 bits per heavy atom. The number of nitrogens with zero attached hydrogens (tertiary/aromatic N) is 1. The molecule has 1 saturated heterocycles. The van der Waals surface area contributed by atoms with Crippen LogP contribution in [0.4, 0.5) is 0 Å². The fraction of sp³-hybridized carbons (Fsp3) is 0.857. The molecule has 0 radical (unpaired) electrons. The van der Waals surface area contributed by atoms with Gasteiger partial charge >= 0.3 is 0 Å². The zero-order valence-electron chi connectivity index (χ0n) is 6.66. The predicted molar refractivity (Wildman–Crippen MR) is 40.9 cm³/mol. The van der Waals surface area contributed by atoms with Crippen LogP contribution in [0.2, 0.25) is 0 Å². The Labute approximate surface area is 66.0 Å². The van der Waals surface area contributed by atoms with E-state index < -0.39 is 6.04 Å². The van der Waals surface area contributed by atoms with E-state index in [1.807, 2.05) is 0 Å². The van der Waals surface area contributed by atoms with Crippen molar-refractivity contribution in [2.75, 3.05) is 13.1 Å². The highest BCUT2D eigenvalue weighted by Crippen LogP contribution is 2.09. The first-order valence-electron chi connectivity index (χ1n) is 3.83. The molecule has 11 heavy (non-hydrogen) atoms. The van der Waals surface area contributed by atoms with E-state index in [4.69, 9.17) is 10.8 Å². The van der Waals surface area contributed by atoms with E-state index in [-0.39, 0.29) is 12.0 Å². The van der Waals surface area contributed by atoms with E-state index in [0.29, 0.717) is 19.5 Å². The lowest BCUT2D eigenvalue weighted by Gasteiger charge is -2.17. The summed E-state index contributed by atoms with van der Waals surface area (Å²) in [5.74, 6) is -0.0680. The van der Waals surface area contributed by atoms with E-state index in [1.165, 1.54) is 0 Å². The number of likely N-dealkylation sites (tertiary alicyclic amines) is 1. The standard InChI is InChI=1S/C7H14N2O2/c1-5(8)7(11)9-3-2-6(10)4-9/h5-6,10H,2-4,8H2,1H3/t5-,6+/m0/s1. The molecule has 0 spiro atoms. The van der Waals surface area contributed by atoms with Crippen LogP contribution in [-0.2, 0) is 4.79 Å². The Hall–Kier alpha value is -0.610. The Bertz CT molecular complexity index is 159. The molecule has 0 aromatic heterocycles. The second-order valence-corrected chi connectivity index (χ2v) is 3.02. The quantitative estimate of drug-likeness (QED) is 0.510. The van der Waals surface area contributed by atoms with E-state index in [1.54, 1.807) is 11.8 Å². The lowest BCUT2D eigenvalue weighted by molar-refractivity contribution is -0.131. The first-order chi connectivity index (χ1) is 5.11. The van der Waals surface area contributed by atoms with Crippen molar-refractivity contribution in [2.45, 2.75) is 25.5 Å². The summed E-state index contributed by atoms with van der Waals surface area (Å²) in [5, 5.41) is 9.10. The predicted octanol–water partition coefficient (Wildman–Crippen LogP) is -1.07. The molecule has 64 valence electrons. The second-order valence-electron chi connectivity index (χ2n) is 3.02. The minimum absolute atomic E-state index is 0.0680. The first kappa shape index (κ1) is 8.49. The van der Waals surface area contributed by atoms with Gasteiger partial charge in [0, 0.05) is 13.1 Å². The SMILES string of the molecule is C[C@H](N)C(=O)N1CC[C@@H](O)C1. The minimum atomic E-state index is -0.444. The van der Waals surface area contributed by atoms with Gasteiger partial charge in [-0.05, 0) is 13.3 Å². The molecular weight excluding hydrogens is 144 g/mol. The molecule has 0 saturated carbocycles. The van der Waals surface area contributed by atoms with Gasteiger partial charge < -0.3 is 15.7 Å². The van der Waals surface area contributed by atoms with E-state index in [2.05, 4.69) is 0 Å². The van der Waals surface area contributed by atoms with Gasteiger partial charge in [0.15, 0.2) is 0 Å². The number of nitrogens with two attached hydrogens (primary N) is 1. The highest BCUT2D eigenvalue weighted by Gasteiger charge is 2.25. The number of aliphatic hydroxyl groups excluding tert-OH is 1. The van der Waals surface area contributed by atoms with E-state index in [9.17, 15) is 4.79 Å².